The molecule has 2 aromatic carbocycles. The maximum atomic E-state index is 12.4. The van der Waals surface area contributed by atoms with Crippen molar-refractivity contribution < 1.29 is 20.4 Å². The number of rotatable bonds is 5. The van der Waals surface area contributed by atoms with E-state index in [-0.39, 0.29) is 35.6 Å². The number of benzene rings is 2. The van der Waals surface area contributed by atoms with Crippen LogP contribution in [0.1, 0.15) is 54.7 Å². The van der Waals surface area contributed by atoms with Crippen LogP contribution in [0.15, 0.2) is 48.5 Å². The van der Waals surface area contributed by atoms with Gasteiger partial charge < -0.3 is 5.11 Å². The fourth-order valence-corrected chi connectivity index (χ4v) is 4.00. The number of carbonyl (C=O) groups excluding carboxylic acids is 1. The molecule has 0 aromatic heterocycles. The summed E-state index contributed by atoms with van der Waals surface area (Å²) >= 11 is -3.57. The molecule has 2 aromatic rings. The summed E-state index contributed by atoms with van der Waals surface area (Å²) in [4.78, 5) is 19.6. The van der Waals surface area contributed by atoms with Crippen LogP contribution in [0.25, 0.3) is 0 Å². The van der Waals surface area contributed by atoms with Crippen LogP contribution in [0, 0.1) is 0 Å². The van der Waals surface area contributed by atoms with Gasteiger partial charge in [-0.25, -0.2) is 0 Å². The third-order valence-electron chi connectivity index (χ3n) is 2.85. The van der Waals surface area contributed by atoms with Gasteiger partial charge in [-0.2, -0.15) is 0 Å². The predicted molar refractivity (Wildman–Crippen MR) is 132 cm³/mol. The average Bonchev–Trinajstić information content (AvgIpc) is 2.66. The van der Waals surface area contributed by atoms with Gasteiger partial charge in [-0.3, -0.25) is 4.79 Å². The number of nitrogens with two attached hydrogens (primary N) is 1. The summed E-state index contributed by atoms with van der Waals surface area (Å²) in [5.74, 6) is -0.898. The Morgan fingerprint density at radius 1 is 0.903 bits per heavy atom. The normalized spacial score (nSPS) is 8.03. The van der Waals surface area contributed by atoms with Gasteiger partial charge in [0, 0.05) is 6.92 Å². The number of carbonyl (C=O) groups is 2. The van der Waals surface area contributed by atoms with Crippen molar-refractivity contribution in [2.24, 2.45) is 5.73 Å². The molecule has 0 bridgehead atoms. The topological polar surface area (TPSA) is 92.4 Å². The monoisotopic (exact) mass is 656 g/mol. The van der Waals surface area contributed by atoms with Crippen LogP contribution in [0.3, 0.4) is 0 Å². The van der Waals surface area contributed by atoms with Crippen LogP contribution in [0.4, 0.5) is 5.73 Å². The van der Waals surface area contributed by atoms with E-state index in [2.05, 4.69) is 5.32 Å². The predicted octanol–water partition coefficient (Wildman–Crippen LogP) is 3.53. The summed E-state index contributed by atoms with van der Waals surface area (Å²) in [6.07, 6.45) is 0. The van der Waals surface area contributed by atoms with Gasteiger partial charge in [0.25, 0.3) is 5.97 Å². The van der Waals surface area contributed by atoms with Crippen molar-refractivity contribution in [2.45, 2.75) is 56.6 Å². The SMILES string of the molecule is C.C.C.C.CC(=O)NCc1ccc[c]([Sn][F])c1.CC(=O)O.NCc1ccc[c]([Sn][F])c1. The van der Waals surface area contributed by atoms with Crippen molar-refractivity contribution in [1.82, 2.24) is 5.32 Å². The van der Waals surface area contributed by atoms with Gasteiger partial charge in [0.1, 0.15) is 0 Å². The van der Waals surface area contributed by atoms with Gasteiger partial charge >= 0.3 is 158 Å². The van der Waals surface area contributed by atoms with Crippen molar-refractivity contribution >= 4 is 62.5 Å². The first-order valence-corrected chi connectivity index (χ1v) is 12.9. The average molecular weight is 654 g/mol. The molecule has 0 fully saturated rings. The first-order valence-electron chi connectivity index (χ1n) is 7.87. The zero-order chi connectivity index (χ0) is 20.7. The molecule has 1 amide bonds. The Balaban J connectivity index is -0.000000113. The van der Waals surface area contributed by atoms with E-state index in [1.165, 1.54) is 6.92 Å². The number of carboxylic acid groups (broad SMARTS) is 1. The standard InChI is InChI=1S/C9H10NO.C7H8N.C2H4O2.4CH4.2FH.2Sn/c1-8(11)10-7-9-5-3-2-4-6-9;8-6-7-4-2-1-3-5-7;1-2(3)4;;;;;;;;/h2-3,5-6H,7H2,1H3,(H,10,11);1-2,4-5H,6,8H2;1H3,(H,3,4);4*1H4;2*1H;;/q;;;;;;;;;2*+1/p-2. The molecule has 4 N–H and O–H groups in total. The molecule has 31 heavy (non-hydrogen) atoms. The number of hydrogen-bond acceptors (Lipinski definition) is 3. The number of amides is 1. The molecule has 176 valence electrons. The summed E-state index contributed by atoms with van der Waals surface area (Å²) in [5.41, 5.74) is 7.36. The van der Waals surface area contributed by atoms with Crippen molar-refractivity contribution in [2.75, 3.05) is 0 Å². The molecule has 0 heterocycles. The fraction of sp³-hybridized carbons (Fsp3) is 0.364. The van der Waals surface area contributed by atoms with Gasteiger partial charge in [-0.05, 0) is 0 Å². The third kappa shape index (κ3) is 23.3. The fourth-order valence-electron chi connectivity index (χ4n) is 1.72. The van der Waals surface area contributed by atoms with Crippen molar-refractivity contribution in [1.29, 1.82) is 0 Å². The zero-order valence-electron chi connectivity index (χ0n) is 15.1. The molecular weight excluding hydrogens is 616 g/mol. The van der Waals surface area contributed by atoms with Gasteiger partial charge in [0.15, 0.2) is 0 Å². The molecular formula is C22H38F2N2O3Sn2. The van der Waals surface area contributed by atoms with Crippen molar-refractivity contribution in [3.63, 3.8) is 0 Å². The molecule has 0 aliphatic heterocycles. The molecule has 9 heteroatoms. The van der Waals surface area contributed by atoms with Gasteiger partial charge in [0.05, 0.1) is 0 Å². The number of nitrogens with one attached hydrogen (secondary N) is 1. The minimum atomic E-state index is -1.83. The molecule has 2 rings (SSSR count). The van der Waals surface area contributed by atoms with Crippen LogP contribution in [-0.2, 0) is 22.7 Å². The van der Waals surface area contributed by atoms with Crippen molar-refractivity contribution in [3.8, 4) is 0 Å². The van der Waals surface area contributed by atoms with Crippen LogP contribution < -0.4 is 18.2 Å². The molecule has 0 saturated carbocycles. The number of halogens is 2. The van der Waals surface area contributed by atoms with E-state index < -0.39 is 49.4 Å². The van der Waals surface area contributed by atoms with E-state index in [4.69, 9.17) is 15.6 Å². The summed E-state index contributed by atoms with van der Waals surface area (Å²) in [7, 11) is 0. The van der Waals surface area contributed by atoms with Gasteiger partial charge in [0.2, 0.25) is 0 Å². The van der Waals surface area contributed by atoms with Gasteiger partial charge in [-0.1, -0.05) is 29.7 Å². The van der Waals surface area contributed by atoms with E-state index in [0.717, 1.165) is 25.2 Å². The Morgan fingerprint density at radius 2 is 1.29 bits per heavy atom. The molecule has 0 unspecified atom stereocenters. The Labute approximate surface area is 209 Å². The van der Waals surface area contributed by atoms with E-state index in [9.17, 15) is 10.5 Å². The zero-order valence-corrected chi connectivity index (χ0v) is 20.8. The number of hydrogen-bond donors (Lipinski definition) is 3. The maximum absolute atomic E-state index is 12.4. The van der Waals surface area contributed by atoms with Crippen LogP contribution in [0.5, 0.6) is 0 Å². The van der Waals surface area contributed by atoms with Crippen LogP contribution in [0.2, 0.25) is 0 Å². The Morgan fingerprint density at radius 3 is 1.65 bits per heavy atom. The second-order valence-electron chi connectivity index (χ2n) is 5.22. The second kappa shape index (κ2) is 25.1. The number of aliphatic carboxylic acids is 1. The van der Waals surface area contributed by atoms with E-state index >= 15 is 0 Å². The van der Waals surface area contributed by atoms with E-state index in [1.54, 1.807) is 6.07 Å². The molecule has 0 atom stereocenters. The molecule has 0 spiro atoms. The quantitative estimate of drug-likeness (QED) is 0.431. The van der Waals surface area contributed by atoms with E-state index in [1.807, 2.05) is 42.5 Å². The Kier molecular flexibility index (Phi) is 32.5. The minimum absolute atomic E-state index is 0. The van der Waals surface area contributed by atoms with Crippen LogP contribution in [-0.4, -0.2) is 60.4 Å². The molecule has 5 nitrogen and oxygen atoms in total. The Bertz CT molecular complexity index is 697. The molecule has 0 aliphatic carbocycles. The summed E-state index contributed by atoms with van der Waals surface area (Å²) in [5, 5.41) is 10.1. The van der Waals surface area contributed by atoms with Gasteiger partial charge in [-0.15, -0.1) is 0 Å². The number of carboxylic acids is 1. The second-order valence-corrected chi connectivity index (χ2v) is 9.60. The summed E-state index contributed by atoms with van der Waals surface area (Å²) in [6.45, 7) is 3.55. The third-order valence-corrected chi connectivity index (χ3v) is 5.87. The first-order chi connectivity index (χ1) is 12.8. The molecule has 0 aliphatic rings. The van der Waals surface area contributed by atoms with Crippen LogP contribution >= 0.6 is 0 Å². The van der Waals surface area contributed by atoms with E-state index in [0.29, 0.717) is 13.1 Å². The first kappa shape index (κ1) is 40.2. The summed E-state index contributed by atoms with van der Waals surface area (Å²) in [6, 6.07) is 14.8. The van der Waals surface area contributed by atoms with Crippen molar-refractivity contribution in [3.05, 3.63) is 59.7 Å². The Hall–Kier alpha value is -1.20. The molecule has 0 saturated heterocycles. The summed E-state index contributed by atoms with van der Waals surface area (Å²) < 4.78 is 26.2. The molecule has 4 radical (unpaired) electrons.